The van der Waals surface area contributed by atoms with E-state index in [9.17, 15) is 9.90 Å². The van der Waals surface area contributed by atoms with Gasteiger partial charge >= 0.3 is 0 Å². The van der Waals surface area contributed by atoms with Crippen LogP contribution in [0.5, 0.6) is 0 Å². The fourth-order valence-corrected chi connectivity index (χ4v) is 2.55. The minimum atomic E-state index is -0.257. The second-order valence-electron chi connectivity index (χ2n) is 5.97. The molecule has 0 fully saturated rings. The van der Waals surface area contributed by atoms with Gasteiger partial charge in [0.05, 0.1) is 12.3 Å². The van der Waals surface area contributed by atoms with E-state index in [4.69, 9.17) is 0 Å². The summed E-state index contributed by atoms with van der Waals surface area (Å²) < 4.78 is 1.76. The fourth-order valence-electron chi connectivity index (χ4n) is 2.55. The van der Waals surface area contributed by atoms with Crippen molar-refractivity contribution in [1.82, 2.24) is 15.1 Å². The van der Waals surface area contributed by atoms with Crippen LogP contribution < -0.4 is 5.32 Å². The highest BCUT2D eigenvalue weighted by molar-refractivity contribution is 5.92. The predicted molar refractivity (Wildman–Crippen MR) is 90.7 cm³/mol. The van der Waals surface area contributed by atoms with E-state index < -0.39 is 0 Å². The molecule has 2 rings (SSSR count). The number of aliphatic hydroxyl groups is 1. The van der Waals surface area contributed by atoms with Gasteiger partial charge in [-0.25, -0.2) is 4.68 Å². The highest BCUT2D eigenvalue weighted by Crippen LogP contribution is 2.24. The Morgan fingerprint density at radius 3 is 2.48 bits per heavy atom. The molecule has 1 heterocycles. The lowest BCUT2D eigenvalue weighted by atomic mass is 9.83. The Morgan fingerprint density at radius 2 is 1.91 bits per heavy atom. The zero-order valence-corrected chi connectivity index (χ0v) is 14.0. The molecular formula is C18H25N3O2. The van der Waals surface area contributed by atoms with Gasteiger partial charge in [-0.1, -0.05) is 32.0 Å². The van der Waals surface area contributed by atoms with Crippen molar-refractivity contribution in [3.8, 4) is 5.69 Å². The van der Waals surface area contributed by atoms with E-state index in [0.717, 1.165) is 24.2 Å². The van der Waals surface area contributed by atoms with Crippen LogP contribution in [-0.4, -0.2) is 33.9 Å². The number of hydrogen-bond acceptors (Lipinski definition) is 3. The standard InChI is InChI=1S/C18H25N3O2/c1-4-18(5-2,13-22)12-19-17(23)16-11-14(3)21(20-16)15-9-7-6-8-10-15/h6-11,22H,4-5,12-13H2,1-3H3,(H,19,23). The normalized spacial score (nSPS) is 11.5. The van der Waals surface area contributed by atoms with E-state index in [1.807, 2.05) is 51.1 Å². The Hall–Kier alpha value is -2.14. The van der Waals surface area contributed by atoms with Crippen molar-refractivity contribution in [2.24, 2.45) is 5.41 Å². The van der Waals surface area contributed by atoms with Crippen LogP contribution in [0.25, 0.3) is 5.69 Å². The van der Waals surface area contributed by atoms with Crippen molar-refractivity contribution < 1.29 is 9.90 Å². The molecule has 0 atom stereocenters. The number of nitrogens with zero attached hydrogens (tertiary/aromatic N) is 2. The average Bonchev–Trinajstić information content (AvgIpc) is 2.99. The molecule has 1 aromatic heterocycles. The van der Waals surface area contributed by atoms with Gasteiger partial charge in [-0.05, 0) is 38.0 Å². The number of carbonyl (C=O) groups is 1. The van der Waals surface area contributed by atoms with Crippen molar-refractivity contribution in [2.75, 3.05) is 13.2 Å². The van der Waals surface area contributed by atoms with E-state index in [-0.39, 0.29) is 17.9 Å². The first-order chi connectivity index (χ1) is 11.0. The monoisotopic (exact) mass is 315 g/mol. The highest BCUT2D eigenvalue weighted by atomic mass is 16.3. The number of para-hydroxylation sites is 1. The van der Waals surface area contributed by atoms with Crippen molar-refractivity contribution in [3.05, 3.63) is 47.8 Å². The topological polar surface area (TPSA) is 67.2 Å². The largest absolute Gasteiger partial charge is 0.396 e. The molecule has 0 unspecified atom stereocenters. The second kappa shape index (κ2) is 7.42. The summed E-state index contributed by atoms with van der Waals surface area (Å²) in [7, 11) is 0. The Morgan fingerprint density at radius 1 is 1.26 bits per heavy atom. The number of hydrogen-bond donors (Lipinski definition) is 2. The third-order valence-corrected chi connectivity index (χ3v) is 4.58. The van der Waals surface area contributed by atoms with Gasteiger partial charge in [0.2, 0.25) is 0 Å². The first-order valence-corrected chi connectivity index (χ1v) is 8.06. The number of aliphatic hydroxyl groups excluding tert-OH is 1. The van der Waals surface area contributed by atoms with Gasteiger partial charge in [0.25, 0.3) is 5.91 Å². The highest BCUT2D eigenvalue weighted by Gasteiger charge is 2.26. The number of aromatic nitrogens is 2. The van der Waals surface area contributed by atoms with Gasteiger partial charge in [-0.3, -0.25) is 4.79 Å². The fraction of sp³-hybridized carbons (Fsp3) is 0.444. The molecule has 23 heavy (non-hydrogen) atoms. The van der Waals surface area contributed by atoms with Gasteiger partial charge in [-0.15, -0.1) is 0 Å². The SMILES string of the molecule is CCC(CC)(CO)CNC(=O)c1cc(C)n(-c2ccccc2)n1. The summed E-state index contributed by atoms with van der Waals surface area (Å²) in [5.74, 6) is -0.206. The van der Waals surface area contributed by atoms with E-state index in [0.29, 0.717) is 12.2 Å². The molecule has 5 heteroatoms. The zero-order valence-electron chi connectivity index (χ0n) is 14.0. The van der Waals surface area contributed by atoms with Gasteiger partial charge in [0.1, 0.15) is 0 Å². The molecule has 0 aliphatic heterocycles. The molecule has 0 aliphatic carbocycles. The molecule has 5 nitrogen and oxygen atoms in total. The number of nitrogens with one attached hydrogen (secondary N) is 1. The molecule has 0 aliphatic rings. The lowest BCUT2D eigenvalue weighted by Gasteiger charge is -2.29. The summed E-state index contributed by atoms with van der Waals surface area (Å²) >= 11 is 0. The van der Waals surface area contributed by atoms with Crippen LogP contribution in [0.1, 0.15) is 42.9 Å². The lowest BCUT2D eigenvalue weighted by molar-refractivity contribution is 0.0846. The van der Waals surface area contributed by atoms with E-state index in [1.54, 1.807) is 10.7 Å². The van der Waals surface area contributed by atoms with Gasteiger partial charge in [0, 0.05) is 17.7 Å². The maximum atomic E-state index is 12.4. The zero-order chi connectivity index (χ0) is 16.9. The van der Waals surface area contributed by atoms with Crippen molar-refractivity contribution in [2.45, 2.75) is 33.6 Å². The summed E-state index contributed by atoms with van der Waals surface area (Å²) in [6.45, 7) is 6.50. The van der Waals surface area contributed by atoms with E-state index >= 15 is 0 Å². The average molecular weight is 315 g/mol. The molecular weight excluding hydrogens is 290 g/mol. The summed E-state index contributed by atoms with van der Waals surface area (Å²) in [6, 6.07) is 11.5. The van der Waals surface area contributed by atoms with Crippen LogP contribution in [0.15, 0.2) is 36.4 Å². The van der Waals surface area contributed by atoms with E-state index in [2.05, 4.69) is 10.4 Å². The molecule has 124 valence electrons. The number of amides is 1. The molecule has 0 radical (unpaired) electrons. The quantitative estimate of drug-likeness (QED) is 0.825. The van der Waals surface area contributed by atoms with Crippen molar-refractivity contribution >= 4 is 5.91 Å². The molecule has 0 saturated heterocycles. The summed E-state index contributed by atoms with van der Waals surface area (Å²) in [5, 5.41) is 16.9. The summed E-state index contributed by atoms with van der Waals surface area (Å²) in [5.41, 5.74) is 1.97. The molecule has 2 N–H and O–H groups in total. The lowest BCUT2D eigenvalue weighted by Crippen LogP contribution is -2.39. The van der Waals surface area contributed by atoms with Crippen LogP contribution in [0, 0.1) is 12.3 Å². The molecule has 2 aromatic rings. The van der Waals surface area contributed by atoms with Crippen molar-refractivity contribution in [1.29, 1.82) is 0 Å². The molecule has 0 bridgehead atoms. The molecule has 0 spiro atoms. The Bertz CT molecular complexity index is 637. The molecule has 1 amide bonds. The number of carbonyl (C=O) groups excluding carboxylic acids is 1. The van der Waals surface area contributed by atoms with Gasteiger partial charge in [0.15, 0.2) is 5.69 Å². The predicted octanol–water partition coefficient (Wildman–Crippen LogP) is 2.71. The minimum Gasteiger partial charge on any atom is -0.396 e. The smallest absolute Gasteiger partial charge is 0.271 e. The van der Waals surface area contributed by atoms with Crippen LogP contribution >= 0.6 is 0 Å². The van der Waals surface area contributed by atoms with Crippen LogP contribution in [0.3, 0.4) is 0 Å². The Labute approximate surface area is 137 Å². The van der Waals surface area contributed by atoms with E-state index in [1.165, 1.54) is 0 Å². The number of benzene rings is 1. The third kappa shape index (κ3) is 3.79. The maximum Gasteiger partial charge on any atom is 0.271 e. The van der Waals surface area contributed by atoms with Crippen LogP contribution in [-0.2, 0) is 0 Å². The summed E-state index contributed by atoms with van der Waals surface area (Å²) in [4.78, 5) is 12.4. The van der Waals surface area contributed by atoms with Gasteiger partial charge in [-0.2, -0.15) is 5.10 Å². The first-order valence-electron chi connectivity index (χ1n) is 8.06. The first kappa shape index (κ1) is 17.2. The van der Waals surface area contributed by atoms with Gasteiger partial charge < -0.3 is 10.4 Å². The van der Waals surface area contributed by atoms with Crippen LogP contribution in [0.2, 0.25) is 0 Å². The maximum absolute atomic E-state index is 12.4. The Kier molecular flexibility index (Phi) is 5.55. The Balaban J connectivity index is 2.12. The third-order valence-electron chi connectivity index (χ3n) is 4.58. The minimum absolute atomic E-state index is 0.0672. The summed E-state index contributed by atoms with van der Waals surface area (Å²) in [6.07, 6.45) is 1.63. The number of rotatable bonds is 7. The molecule has 0 saturated carbocycles. The van der Waals surface area contributed by atoms with Crippen LogP contribution in [0.4, 0.5) is 0 Å². The second-order valence-corrected chi connectivity index (χ2v) is 5.97. The molecule has 1 aromatic carbocycles. The number of aryl methyl sites for hydroxylation is 1. The van der Waals surface area contributed by atoms with Crippen molar-refractivity contribution in [3.63, 3.8) is 0 Å².